The first kappa shape index (κ1) is 16.7. The lowest BCUT2D eigenvalue weighted by Gasteiger charge is -2.24. The van der Waals surface area contributed by atoms with Gasteiger partial charge in [0.15, 0.2) is 0 Å². The van der Waals surface area contributed by atoms with Gasteiger partial charge in [-0.05, 0) is 42.5 Å². The normalized spacial score (nSPS) is 18.4. The Labute approximate surface area is 146 Å². The van der Waals surface area contributed by atoms with E-state index >= 15 is 0 Å². The van der Waals surface area contributed by atoms with Crippen molar-refractivity contribution >= 4 is 15.9 Å². The average molecular weight is 375 g/mol. The van der Waals surface area contributed by atoms with Gasteiger partial charge in [-0.1, -0.05) is 58.4 Å². The summed E-state index contributed by atoms with van der Waals surface area (Å²) in [5, 5.41) is 13.9. The fourth-order valence-corrected chi connectivity index (χ4v) is 3.35. The van der Waals surface area contributed by atoms with E-state index in [1.54, 1.807) is 0 Å². The van der Waals surface area contributed by atoms with Crippen LogP contribution >= 0.6 is 15.9 Å². The monoisotopic (exact) mass is 374 g/mol. The van der Waals surface area contributed by atoms with Gasteiger partial charge in [-0.25, -0.2) is 0 Å². The van der Waals surface area contributed by atoms with Crippen molar-refractivity contribution in [3.8, 4) is 0 Å². The minimum absolute atomic E-state index is 0.0111. The summed E-state index contributed by atoms with van der Waals surface area (Å²) >= 11 is 3.53. The van der Waals surface area contributed by atoms with Crippen LogP contribution in [-0.2, 0) is 12.0 Å². The smallest absolute Gasteiger partial charge is 0.0818 e. The van der Waals surface area contributed by atoms with Crippen molar-refractivity contribution in [3.63, 3.8) is 0 Å². The molecule has 3 nitrogen and oxygen atoms in total. The van der Waals surface area contributed by atoms with E-state index < -0.39 is 6.10 Å². The number of benzene rings is 2. The Bertz CT molecular complexity index is 643. The van der Waals surface area contributed by atoms with Gasteiger partial charge in [0, 0.05) is 22.6 Å². The molecule has 2 atom stereocenters. The number of hydrogen-bond donors (Lipinski definition) is 3. The Balaban J connectivity index is 1.55. The zero-order chi connectivity index (χ0) is 16.3. The first-order valence-electron chi connectivity index (χ1n) is 8.08. The molecular formula is C19H23BrN2O. The van der Waals surface area contributed by atoms with Crippen molar-refractivity contribution in [2.45, 2.75) is 36.9 Å². The van der Waals surface area contributed by atoms with Crippen LogP contribution in [0, 0.1) is 0 Å². The molecule has 0 saturated heterocycles. The van der Waals surface area contributed by atoms with Crippen LogP contribution < -0.4 is 11.1 Å². The summed E-state index contributed by atoms with van der Waals surface area (Å²) in [5.41, 5.74) is 8.61. The van der Waals surface area contributed by atoms with Crippen LogP contribution in [0.2, 0.25) is 0 Å². The molecule has 4 heteroatoms. The van der Waals surface area contributed by atoms with Gasteiger partial charge in [0.25, 0.3) is 0 Å². The Hall–Kier alpha value is -1.20. The third-order valence-electron chi connectivity index (χ3n) is 4.59. The number of aliphatic hydroxyl groups is 1. The molecule has 122 valence electrons. The SMILES string of the molecule is N[C@@H](Cc1ccccc1)[C@H](O)CNC1(c2cccc(Br)c2)CC1. The Morgan fingerprint density at radius 3 is 2.52 bits per heavy atom. The highest BCUT2D eigenvalue weighted by Gasteiger charge is 2.44. The quantitative estimate of drug-likeness (QED) is 0.698. The molecule has 0 bridgehead atoms. The van der Waals surface area contributed by atoms with E-state index in [1.807, 2.05) is 36.4 Å². The van der Waals surface area contributed by atoms with Crippen molar-refractivity contribution in [3.05, 3.63) is 70.2 Å². The van der Waals surface area contributed by atoms with Crippen LogP contribution in [0.25, 0.3) is 0 Å². The molecule has 0 unspecified atom stereocenters. The maximum atomic E-state index is 10.4. The molecular weight excluding hydrogens is 352 g/mol. The topological polar surface area (TPSA) is 58.3 Å². The standard InChI is InChI=1S/C19H23BrN2O/c20-16-8-4-7-15(12-16)19(9-10-19)22-13-18(23)17(21)11-14-5-2-1-3-6-14/h1-8,12,17-18,22-23H,9-11,13,21H2/t17-,18+/m0/s1. The average Bonchev–Trinajstić information content (AvgIpc) is 3.35. The van der Waals surface area contributed by atoms with E-state index in [9.17, 15) is 5.11 Å². The number of nitrogens with one attached hydrogen (secondary N) is 1. The van der Waals surface area contributed by atoms with E-state index in [2.05, 4.69) is 39.4 Å². The van der Waals surface area contributed by atoms with Crippen LogP contribution in [0.1, 0.15) is 24.0 Å². The number of rotatable bonds is 7. The maximum Gasteiger partial charge on any atom is 0.0818 e. The highest BCUT2D eigenvalue weighted by molar-refractivity contribution is 9.10. The molecule has 1 aliphatic rings. The fourth-order valence-electron chi connectivity index (χ4n) is 2.95. The summed E-state index contributed by atoms with van der Waals surface area (Å²) in [6.07, 6.45) is 2.33. The molecule has 1 saturated carbocycles. The molecule has 1 aliphatic carbocycles. The number of aliphatic hydroxyl groups excluding tert-OH is 1. The van der Waals surface area contributed by atoms with E-state index in [-0.39, 0.29) is 11.6 Å². The molecule has 0 radical (unpaired) electrons. The van der Waals surface area contributed by atoms with Crippen LogP contribution in [0.4, 0.5) is 0 Å². The highest BCUT2D eigenvalue weighted by Crippen LogP contribution is 2.45. The highest BCUT2D eigenvalue weighted by atomic mass is 79.9. The molecule has 4 N–H and O–H groups in total. The van der Waals surface area contributed by atoms with Gasteiger partial charge < -0.3 is 16.2 Å². The van der Waals surface area contributed by atoms with Crippen molar-refractivity contribution < 1.29 is 5.11 Å². The summed E-state index contributed by atoms with van der Waals surface area (Å²) in [6, 6.07) is 18.2. The third kappa shape index (κ3) is 4.21. The number of hydrogen-bond acceptors (Lipinski definition) is 3. The zero-order valence-electron chi connectivity index (χ0n) is 13.1. The Morgan fingerprint density at radius 1 is 1.13 bits per heavy atom. The lowest BCUT2D eigenvalue weighted by atomic mass is 10.0. The van der Waals surface area contributed by atoms with Crippen LogP contribution in [0.15, 0.2) is 59.1 Å². The molecule has 1 fully saturated rings. The summed E-state index contributed by atoms with van der Waals surface area (Å²) in [5.74, 6) is 0. The summed E-state index contributed by atoms with van der Waals surface area (Å²) in [7, 11) is 0. The lowest BCUT2D eigenvalue weighted by Crippen LogP contribution is -2.45. The number of halogens is 1. The van der Waals surface area contributed by atoms with E-state index in [0.29, 0.717) is 13.0 Å². The second kappa shape index (κ2) is 7.14. The van der Waals surface area contributed by atoms with Gasteiger partial charge in [-0.2, -0.15) is 0 Å². The van der Waals surface area contributed by atoms with Gasteiger partial charge in [0.1, 0.15) is 0 Å². The zero-order valence-corrected chi connectivity index (χ0v) is 14.7. The van der Waals surface area contributed by atoms with Gasteiger partial charge in [0.2, 0.25) is 0 Å². The van der Waals surface area contributed by atoms with Crippen molar-refractivity contribution in [2.75, 3.05) is 6.54 Å². The van der Waals surface area contributed by atoms with Crippen molar-refractivity contribution in [1.29, 1.82) is 0 Å². The number of nitrogens with two attached hydrogens (primary N) is 1. The van der Waals surface area contributed by atoms with E-state index in [4.69, 9.17) is 5.73 Å². The van der Waals surface area contributed by atoms with Crippen LogP contribution in [-0.4, -0.2) is 23.8 Å². The molecule has 0 heterocycles. The largest absolute Gasteiger partial charge is 0.390 e. The van der Waals surface area contributed by atoms with E-state index in [1.165, 1.54) is 5.56 Å². The lowest BCUT2D eigenvalue weighted by molar-refractivity contribution is 0.136. The van der Waals surface area contributed by atoms with Crippen molar-refractivity contribution in [1.82, 2.24) is 5.32 Å². The van der Waals surface area contributed by atoms with E-state index in [0.717, 1.165) is 22.9 Å². The Morgan fingerprint density at radius 2 is 1.87 bits per heavy atom. The molecule has 0 aliphatic heterocycles. The Kier molecular flexibility index (Phi) is 5.17. The van der Waals surface area contributed by atoms with Crippen LogP contribution in [0.3, 0.4) is 0 Å². The molecule has 0 aromatic heterocycles. The molecule has 2 aromatic carbocycles. The fraction of sp³-hybridized carbons (Fsp3) is 0.368. The van der Waals surface area contributed by atoms with Gasteiger partial charge in [0.05, 0.1) is 6.10 Å². The minimum Gasteiger partial charge on any atom is -0.390 e. The van der Waals surface area contributed by atoms with Crippen molar-refractivity contribution in [2.24, 2.45) is 5.73 Å². The predicted octanol–water partition coefficient (Wildman–Crippen LogP) is 2.96. The van der Waals surface area contributed by atoms with Crippen LogP contribution in [0.5, 0.6) is 0 Å². The second-order valence-corrected chi connectivity index (χ2v) is 7.31. The third-order valence-corrected chi connectivity index (χ3v) is 5.08. The summed E-state index contributed by atoms with van der Waals surface area (Å²) < 4.78 is 1.09. The first-order valence-corrected chi connectivity index (χ1v) is 8.87. The summed E-state index contributed by atoms with van der Waals surface area (Å²) in [4.78, 5) is 0. The van der Waals surface area contributed by atoms with Gasteiger partial charge in [-0.15, -0.1) is 0 Å². The second-order valence-electron chi connectivity index (χ2n) is 6.39. The first-order chi connectivity index (χ1) is 11.1. The van der Waals surface area contributed by atoms with Gasteiger partial charge in [-0.3, -0.25) is 0 Å². The predicted molar refractivity (Wildman–Crippen MR) is 97.2 cm³/mol. The summed E-state index contributed by atoms with van der Waals surface area (Å²) in [6.45, 7) is 0.514. The minimum atomic E-state index is -0.556. The molecule has 23 heavy (non-hydrogen) atoms. The molecule has 0 amide bonds. The maximum absolute atomic E-state index is 10.4. The molecule has 0 spiro atoms. The molecule has 2 aromatic rings. The molecule has 3 rings (SSSR count). The van der Waals surface area contributed by atoms with Gasteiger partial charge >= 0.3 is 0 Å².